The molecule has 1 heterocycles. The van der Waals surface area contributed by atoms with Crippen molar-refractivity contribution < 1.29 is 4.74 Å². The zero-order valence-electron chi connectivity index (χ0n) is 16.6. The molecule has 0 saturated carbocycles. The Labute approximate surface area is 176 Å². The third-order valence-electron chi connectivity index (χ3n) is 4.67. The van der Waals surface area contributed by atoms with Crippen LogP contribution < -0.4 is 15.4 Å². The standard InChI is InChI=1S/C20H34N4O.HI/c1-5-12-24-13-10-18(11-14-24)23-20(21-4)22-15-17(3)25-19-9-7-6-8-16(19)2;/h6-9,17-18H,5,10-15H2,1-4H3,(H2,21,22,23);1H. The van der Waals surface area contributed by atoms with Gasteiger partial charge in [-0.15, -0.1) is 24.0 Å². The van der Waals surface area contributed by atoms with Gasteiger partial charge >= 0.3 is 0 Å². The fourth-order valence-corrected chi connectivity index (χ4v) is 3.19. The van der Waals surface area contributed by atoms with Gasteiger partial charge in [0.2, 0.25) is 0 Å². The molecule has 1 unspecified atom stereocenters. The van der Waals surface area contributed by atoms with E-state index in [0.29, 0.717) is 6.04 Å². The maximum atomic E-state index is 6.02. The highest BCUT2D eigenvalue weighted by atomic mass is 127. The number of guanidine groups is 1. The van der Waals surface area contributed by atoms with E-state index in [2.05, 4.69) is 47.4 Å². The van der Waals surface area contributed by atoms with Crippen LogP contribution in [0.25, 0.3) is 0 Å². The maximum absolute atomic E-state index is 6.02. The number of nitrogens with zero attached hydrogens (tertiary/aromatic N) is 2. The van der Waals surface area contributed by atoms with E-state index in [1.54, 1.807) is 0 Å². The van der Waals surface area contributed by atoms with Crippen LogP contribution in [-0.2, 0) is 0 Å². The molecule has 148 valence electrons. The second kappa shape index (κ2) is 12.4. The Morgan fingerprint density at radius 1 is 1.31 bits per heavy atom. The fourth-order valence-electron chi connectivity index (χ4n) is 3.19. The van der Waals surface area contributed by atoms with Crippen LogP contribution in [-0.4, -0.2) is 56.2 Å². The molecule has 0 spiro atoms. The first-order valence-electron chi connectivity index (χ1n) is 9.54. The SMILES string of the molecule is CCCN1CCC(NC(=NC)NCC(C)Oc2ccccc2C)CC1.I. The van der Waals surface area contributed by atoms with Crippen LogP contribution in [0.4, 0.5) is 0 Å². The number of hydrogen-bond acceptors (Lipinski definition) is 3. The van der Waals surface area contributed by atoms with Crippen molar-refractivity contribution in [3.8, 4) is 5.75 Å². The lowest BCUT2D eigenvalue weighted by Crippen LogP contribution is -2.50. The number of halogens is 1. The van der Waals surface area contributed by atoms with Gasteiger partial charge in [0.25, 0.3) is 0 Å². The van der Waals surface area contributed by atoms with Gasteiger partial charge < -0.3 is 20.3 Å². The summed E-state index contributed by atoms with van der Waals surface area (Å²) >= 11 is 0. The van der Waals surface area contributed by atoms with Crippen molar-refractivity contribution in [2.45, 2.75) is 52.2 Å². The molecule has 0 bridgehead atoms. The van der Waals surface area contributed by atoms with Crippen molar-refractivity contribution >= 4 is 29.9 Å². The predicted octanol–water partition coefficient (Wildman–Crippen LogP) is 3.42. The first kappa shape index (κ1) is 23.0. The Morgan fingerprint density at radius 2 is 2.00 bits per heavy atom. The van der Waals surface area contributed by atoms with Gasteiger partial charge in [-0.3, -0.25) is 4.99 Å². The molecule has 5 nitrogen and oxygen atoms in total. The van der Waals surface area contributed by atoms with Gasteiger partial charge in [0, 0.05) is 26.2 Å². The first-order chi connectivity index (χ1) is 12.1. The average molecular weight is 474 g/mol. The third kappa shape index (κ3) is 7.70. The van der Waals surface area contributed by atoms with Crippen molar-refractivity contribution in [1.82, 2.24) is 15.5 Å². The molecule has 1 aromatic rings. The molecule has 6 heteroatoms. The van der Waals surface area contributed by atoms with E-state index in [-0.39, 0.29) is 30.1 Å². The smallest absolute Gasteiger partial charge is 0.191 e. The summed E-state index contributed by atoms with van der Waals surface area (Å²) in [7, 11) is 1.83. The molecule has 1 saturated heterocycles. The molecule has 2 N–H and O–H groups in total. The monoisotopic (exact) mass is 474 g/mol. The van der Waals surface area contributed by atoms with Crippen LogP contribution in [0.3, 0.4) is 0 Å². The predicted molar refractivity (Wildman–Crippen MR) is 121 cm³/mol. The molecule has 26 heavy (non-hydrogen) atoms. The lowest BCUT2D eigenvalue weighted by atomic mass is 10.1. The van der Waals surface area contributed by atoms with E-state index in [1.807, 2.05) is 25.2 Å². The van der Waals surface area contributed by atoms with Gasteiger partial charge in [-0.1, -0.05) is 25.1 Å². The van der Waals surface area contributed by atoms with E-state index in [9.17, 15) is 0 Å². The van der Waals surface area contributed by atoms with Gasteiger partial charge in [0.05, 0.1) is 6.54 Å². The molecule has 0 aliphatic carbocycles. The van der Waals surface area contributed by atoms with Gasteiger partial charge in [-0.25, -0.2) is 0 Å². The molecule has 1 fully saturated rings. The molecule has 2 rings (SSSR count). The van der Waals surface area contributed by atoms with Crippen molar-refractivity contribution in [3.63, 3.8) is 0 Å². The lowest BCUT2D eigenvalue weighted by molar-refractivity contribution is 0.205. The minimum absolute atomic E-state index is 0. The van der Waals surface area contributed by atoms with Crippen molar-refractivity contribution in [2.24, 2.45) is 4.99 Å². The van der Waals surface area contributed by atoms with Gasteiger partial charge in [-0.05, 0) is 51.3 Å². The number of para-hydroxylation sites is 1. The van der Waals surface area contributed by atoms with E-state index < -0.39 is 0 Å². The highest BCUT2D eigenvalue weighted by molar-refractivity contribution is 14.0. The number of piperidine rings is 1. The van der Waals surface area contributed by atoms with E-state index in [0.717, 1.165) is 23.8 Å². The summed E-state index contributed by atoms with van der Waals surface area (Å²) in [5.41, 5.74) is 1.16. The quantitative estimate of drug-likeness (QED) is 0.361. The third-order valence-corrected chi connectivity index (χ3v) is 4.67. The number of nitrogens with one attached hydrogen (secondary N) is 2. The largest absolute Gasteiger partial charge is 0.489 e. The van der Waals surface area contributed by atoms with Crippen LogP contribution >= 0.6 is 24.0 Å². The minimum Gasteiger partial charge on any atom is -0.489 e. The van der Waals surface area contributed by atoms with Crippen LogP contribution in [0.1, 0.15) is 38.7 Å². The number of rotatable bonds is 7. The second-order valence-corrected chi connectivity index (χ2v) is 6.91. The topological polar surface area (TPSA) is 48.9 Å². The van der Waals surface area contributed by atoms with Crippen molar-refractivity contribution in [2.75, 3.05) is 33.2 Å². The molecular formula is C20H35IN4O. The van der Waals surface area contributed by atoms with Crippen LogP contribution in [0, 0.1) is 6.92 Å². The molecule has 1 atom stereocenters. The summed E-state index contributed by atoms with van der Waals surface area (Å²) in [5, 5.41) is 6.95. The first-order valence-corrected chi connectivity index (χ1v) is 9.54. The Morgan fingerprint density at radius 3 is 2.62 bits per heavy atom. The number of hydrogen-bond donors (Lipinski definition) is 2. The summed E-state index contributed by atoms with van der Waals surface area (Å²) in [4.78, 5) is 6.91. The van der Waals surface area contributed by atoms with Crippen LogP contribution in [0.2, 0.25) is 0 Å². The normalized spacial score (nSPS) is 17.3. The van der Waals surface area contributed by atoms with Gasteiger partial charge in [-0.2, -0.15) is 0 Å². The molecule has 1 aliphatic rings. The number of aryl methyl sites for hydroxylation is 1. The zero-order chi connectivity index (χ0) is 18.1. The maximum Gasteiger partial charge on any atom is 0.191 e. The van der Waals surface area contributed by atoms with Crippen molar-refractivity contribution in [3.05, 3.63) is 29.8 Å². The highest BCUT2D eigenvalue weighted by Gasteiger charge is 2.19. The summed E-state index contributed by atoms with van der Waals surface area (Å²) < 4.78 is 6.02. The van der Waals surface area contributed by atoms with Gasteiger partial charge in [0.15, 0.2) is 5.96 Å². The van der Waals surface area contributed by atoms with E-state index in [1.165, 1.54) is 38.9 Å². The number of likely N-dealkylation sites (tertiary alicyclic amines) is 1. The van der Waals surface area contributed by atoms with E-state index in [4.69, 9.17) is 4.74 Å². The zero-order valence-corrected chi connectivity index (χ0v) is 19.0. The van der Waals surface area contributed by atoms with E-state index >= 15 is 0 Å². The Kier molecular flexibility index (Phi) is 11.0. The molecule has 1 aliphatic heterocycles. The molecule has 1 aromatic carbocycles. The number of benzene rings is 1. The highest BCUT2D eigenvalue weighted by Crippen LogP contribution is 2.17. The Balaban J connectivity index is 0.00000338. The molecular weight excluding hydrogens is 439 g/mol. The van der Waals surface area contributed by atoms with Crippen LogP contribution in [0.5, 0.6) is 5.75 Å². The Hall–Kier alpha value is -1.02. The Bertz CT molecular complexity index is 544. The molecule has 0 radical (unpaired) electrons. The summed E-state index contributed by atoms with van der Waals surface area (Å²) in [5.74, 6) is 1.82. The fraction of sp³-hybridized carbons (Fsp3) is 0.650. The lowest BCUT2D eigenvalue weighted by Gasteiger charge is -2.33. The molecule has 0 aromatic heterocycles. The average Bonchev–Trinajstić information content (AvgIpc) is 2.62. The van der Waals surface area contributed by atoms with Crippen LogP contribution in [0.15, 0.2) is 29.3 Å². The summed E-state index contributed by atoms with van der Waals surface area (Å²) in [6.45, 7) is 10.7. The summed E-state index contributed by atoms with van der Waals surface area (Å²) in [6.07, 6.45) is 3.66. The molecule has 0 amide bonds. The minimum atomic E-state index is 0. The van der Waals surface area contributed by atoms with Crippen molar-refractivity contribution in [1.29, 1.82) is 0 Å². The second-order valence-electron chi connectivity index (χ2n) is 6.91. The van der Waals surface area contributed by atoms with Gasteiger partial charge in [0.1, 0.15) is 11.9 Å². The summed E-state index contributed by atoms with van der Waals surface area (Å²) in [6, 6.07) is 8.63. The number of ether oxygens (including phenoxy) is 1. The number of aliphatic imine (C=N–C) groups is 1.